The molecule has 2 aromatic rings. The van der Waals surface area contributed by atoms with Gasteiger partial charge in [0, 0.05) is 28.0 Å². The molecule has 1 fully saturated rings. The number of nitrogens with zero attached hydrogens (tertiary/aromatic N) is 1. The van der Waals surface area contributed by atoms with Gasteiger partial charge in [-0.3, -0.25) is 9.69 Å². The van der Waals surface area contributed by atoms with E-state index in [-0.39, 0.29) is 30.8 Å². The number of carbonyl (C=O) groups excluding carboxylic acids is 2. The summed E-state index contributed by atoms with van der Waals surface area (Å²) in [6.07, 6.45) is 3.82. The highest BCUT2D eigenvalue weighted by Gasteiger charge is 2.25. The third-order valence-corrected chi connectivity index (χ3v) is 5.47. The number of aromatic amines is 1. The summed E-state index contributed by atoms with van der Waals surface area (Å²) in [5.74, 6) is -0.723. The zero-order valence-corrected chi connectivity index (χ0v) is 16.8. The summed E-state index contributed by atoms with van der Waals surface area (Å²) in [4.78, 5) is 30.0. The maximum absolute atomic E-state index is 12.7. The highest BCUT2D eigenvalue weighted by molar-refractivity contribution is 9.10. The number of carbonyl (C=O) groups is 2. The summed E-state index contributed by atoms with van der Waals surface area (Å²) in [5, 5.41) is 12.9. The number of aromatic nitrogens is 1. The lowest BCUT2D eigenvalue weighted by Gasteiger charge is -2.34. The Morgan fingerprint density at radius 3 is 2.96 bits per heavy atom. The molecule has 1 atom stereocenters. The van der Waals surface area contributed by atoms with Crippen molar-refractivity contribution in [2.45, 2.75) is 31.7 Å². The highest BCUT2D eigenvalue weighted by atomic mass is 79.9. The lowest BCUT2D eigenvalue weighted by Crippen LogP contribution is -2.44. The molecule has 1 aromatic carbocycles. The van der Waals surface area contributed by atoms with E-state index in [1.54, 1.807) is 0 Å². The van der Waals surface area contributed by atoms with Gasteiger partial charge in [0.1, 0.15) is 5.69 Å². The van der Waals surface area contributed by atoms with Crippen molar-refractivity contribution in [2.24, 2.45) is 0 Å². The molecule has 3 N–H and O–H groups in total. The van der Waals surface area contributed by atoms with Crippen molar-refractivity contribution in [1.82, 2.24) is 9.88 Å². The Balaban J connectivity index is 1.83. The second-order valence-electron chi connectivity index (χ2n) is 6.74. The van der Waals surface area contributed by atoms with Crippen LogP contribution in [0.3, 0.4) is 0 Å². The fourth-order valence-corrected chi connectivity index (χ4v) is 4.02. The van der Waals surface area contributed by atoms with Crippen LogP contribution in [0.2, 0.25) is 0 Å². The van der Waals surface area contributed by atoms with Gasteiger partial charge in [-0.2, -0.15) is 0 Å². The number of aliphatic hydroxyl groups is 1. The van der Waals surface area contributed by atoms with Crippen LogP contribution < -0.4 is 5.32 Å². The molecule has 2 heterocycles. The van der Waals surface area contributed by atoms with E-state index in [9.17, 15) is 14.7 Å². The third kappa shape index (κ3) is 4.51. The first-order chi connectivity index (χ1) is 13.0. The highest BCUT2D eigenvalue weighted by Crippen LogP contribution is 2.31. The van der Waals surface area contributed by atoms with E-state index in [1.165, 1.54) is 7.11 Å². The Morgan fingerprint density at radius 2 is 2.22 bits per heavy atom. The molecular weight excluding hydrogens is 414 g/mol. The first-order valence-corrected chi connectivity index (χ1v) is 9.87. The number of likely N-dealkylation sites (tertiary alicyclic amines) is 1. The third-order valence-electron chi connectivity index (χ3n) is 4.97. The van der Waals surface area contributed by atoms with Crippen molar-refractivity contribution in [1.29, 1.82) is 0 Å². The summed E-state index contributed by atoms with van der Waals surface area (Å²) in [5.41, 5.74) is 1.40. The van der Waals surface area contributed by atoms with Gasteiger partial charge in [0.05, 0.1) is 19.3 Å². The van der Waals surface area contributed by atoms with Gasteiger partial charge in [-0.05, 0) is 44.0 Å². The van der Waals surface area contributed by atoms with Gasteiger partial charge in [-0.25, -0.2) is 4.79 Å². The predicted molar refractivity (Wildman–Crippen MR) is 107 cm³/mol. The first-order valence-electron chi connectivity index (χ1n) is 9.07. The number of methoxy groups -OCH3 is 1. The molecule has 1 aliphatic heterocycles. The van der Waals surface area contributed by atoms with Gasteiger partial charge >= 0.3 is 5.97 Å². The molecule has 146 valence electrons. The fourth-order valence-electron chi connectivity index (χ4n) is 3.66. The summed E-state index contributed by atoms with van der Waals surface area (Å²) in [6, 6.07) is 5.76. The SMILES string of the molecule is COC(=O)c1[nH]c2ccc(Br)cc2c1NC(=O)CN1CCCC[C@H]1CCO. The Bertz CT molecular complexity index is 834. The van der Waals surface area contributed by atoms with Crippen molar-refractivity contribution < 1.29 is 19.4 Å². The van der Waals surface area contributed by atoms with E-state index in [1.807, 2.05) is 18.2 Å². The van der Waals surface area contributed by atoms with Crippen LogP contribution >= 0.6 is 15.9 Å². The number of hydrogen-bond acceptors (Lipinski definition) is 5. The van der Waals surface area contributed by atoms with Crippen molar-refractivity contribution in [2.75, 3.05) is 32.1 Å². The molecular formula is C19H24BrN3O4. The monoisotopic (exact) mass is 437 g/mol. The molecule has 8 heteroatoms. The Kier molecular flexibility index (Phi) is 6.51. The van der Waals surface area contributed by atoms with E-state index in [0.29, 0.717) is 12.1 Å². The zero-order valence-electron chi connectivity index (χ0n) is 15.3. The number of aliphatic hydroxyl groups excluding tert-OH is 1. The number of ether oxygens (including phenoxy) is 1. The Labute approximate surface area is 166 Å². The number of rotatable bonds is 6. The lowest BCUT2D eigenvalue weighted by molar-refractivity contribution is -0.118. The van der Waals surface area contributed by atoms with Gasteiger partial charge in [-0.15, -0.1) is 0 Å². The van der Waals surface area contributed by atoms with Crippen molar-refractivity contribution in [3.63, 3.8) is 0 Å². The molecule has 0 unspecified atom stereocenters. The van der Waals surface area contributed by atoms with Crippen LogP contribution in [0.5, 0.6) is 0 Å². The second-order valence-corrected chi connectivity index (χ2v) is 7.65. The minimum atomic E-state index is -0.534. The van der Waals surface area contributed by atoms with Gasteiger partial charge in [-0.1, -0.05) is 22.4 Å². The second kappa shape index (κ2) is 8.86. The summed E-state index contributed by atoms with van der Waals surface area (Å²) >= 11 is 3.43. The molecule has 0 aliphatic carbocycles. The van der Waals surface area contributed by atoms with E-state index >= 15 is 0 Å². The van der Waals surface area contributed by atoms with Crippen LogP contribution in [0.1, 0.15) is 36.2 Å². The van der Waals surface area contributed by atoms with Gasteiger partial charge in [0.25, 0.3) is 0 Å². The van der Waals surface area contributed by atoms with Crippen LogP contribution in [0.25, 0.3) is 10.9 Å². The van der Waals surface area contributed by atoms with Crippen LogP contribution in [-0.2, 0) is 9.53 Å². The zero-order chi connectivity index (χ0) is 19.4. The molecule has 0 radical (unpaired) electrons. The normalized spacial score (nSPS) is 17.8. The molecule has 1 amide bonds. The molecule has 3 rings (SSSR count). The molecule has 27 heavy (non-hydrogen) atoms. The summed E-state index contributed by atoms with van der Waals surface area (Å²) in [7, 11) is 1.31. The predicted octanol–water partition coefficient (Wildman–Crippen LogP) is 2.89. The van der Waals surface area contributed by atoms with Crippen molar-refractivity contribution in [3.05, 3.63) is 28.4 Å². The number of amides is 1. The number of fused-ring (bicyclic) bond motifs is 1. The number of piperidine rings is 1. The van der Waals surface area contributed by atoms with E-state index in [2.05, 4.69) is 31.1 Å². The minimum Gasteiger partial charge on any atom is -0.464 e. The Morgan fingerprint density at radius 1 is 1.41 bits per heavy atom. The number of hydrogen-bond donors (Lipinski definition) is 3. The Hall–Kier alpha value is -1.90. The minimum absolute atomic E-state index is 0.117. The average Bonchev–Trinajstić information content (AvgIpc) is 3.00. The number of nitrogens with one attached hydrogen (secondary N) is 2. The molecule has 0 spiro atoms. The first kappa shape index (κ1) is 19.9. The van der Waals surface area contributed by atoms with Gasteiger partial charge in [0.15, 0.2) is 0 Å². The van der Waals surface area contributed by atoms with Gasteiger partial charge in [0.2, 0.25) is 5.91 Å². The topological polar surface area (TPSA) is 94.7 Å². The van der Waals surface area contributed by atoms with Crippen LogP contribution in [0.15, 0.2) is 22.7 Å². The number of H-pyrrole nitrogens is 1. The molecule has 7 nitrogen and oxygen atoms in total. The molecule has 1 saturated heterocycles. The number of benzene rings is 1. The molecule has 1 aromatic heterocycles. The average molecular weight is 438 g/mol. The lowest BCUT2D eigenvalue weighted by atomic mass is 9.99. The molecule has 1 aliphatic rings. The van der Waals surface area contributed by atoms with Crippen molar-refractivity contribution in [3.8, 4) is 0 Å². The number of anilines is 1. The van der Waals surface area contributed by atoms with Gasteiger partial charge < -0.3 is 20.1 Å². The largest absolute Gasteiger partial charge is 0.464 e. The number of halogens is 1. The van der Waals surface area contributed by atoms with E-state index in [4.69, 9.17) is 4.74 Å². The maximum atomic E-state index is 12.7. The summed E-state index contributed by atoms with van der Waals surface area (Å²) in [6.45, 7) is 1.18. The van der Waals surface area contributed by atoms with Crippen LogP contribution in [0, 0.1) is 0 Å². The smallest absolute Gasteiger partial charge is 0.356 e. The molecule has 0 bridgehead atoms. The van der Waals surface area contributed by atoms with Crippen LogP contribution in [-0.4, -0.2) is 59.7 Å². The van der Waals surface area contributed by atoms with E-state index in [0.717, 1.165) is 41.2 Å². The quantitative estimate of drug-likeness (QED) is 0.603. The molecule has 0 saturated carbocycles. The standard InChI is InChI=1S/C19H24BrN3O4/c1-27-19(26)18-17(14-10-12(20)5-6-15(14)21-18)22-16(25)11-23-8-3-2-4-13(23)7-9-24/h5-6,10,13,21,24H,2-4,7-9,11H2,1H3,(H,22,25)/t13-/m0/s1. The van der Waals surface area contributed by atoms with Crippen LogP contribution in [0.4, 0.5) is 5.69 Å². The maximum Gasteiger partial charge on any atom is 0.356 e. The van der Waals surface area contributed by atoms with Crippen molar-refractivity contribution >= 4 is 44.4 Å². The summed E-state index contributed by atoms with van der Waals surface area (Å²) < 4.78 is 5.69. The fraction of sp³-hybridized carbons (Fsp3) is 0.474. The number of esters is 1. The van der Waals surface area contributed by atoms with E-state index < -0.39 is 5.97 Å².